The quantitative estimate of drug-likeness (QED) is 0.688. The Labute approximate surface area is 148 Å². The van der Waals surface area contributed by atoms with Crippen LogP contribution in [0.1, 0.15) is 43.2 Å². The van der Waals surface area contributed by atoms with Crippen molar-refractivity contribution in [2.24, 2.45) is 0 Å². The van der Waals surface area contributed by atoms with Crippen LogP contribution in [0.4, 0.5) is 5.82 Å². The number of hydrogen-bond acceptors (Lipinski definition) is 4. The van der Waals surface area contributed by atoms with E-state index in [4.69, 9.17) is 4.74 Å². The van der Waals surface area contributed by atoms with E-state index in [1.165, 1.54) is 11.1 Å². The molecule has 0 saturated heterocycles. The fourth-order valence-corrected chi connectivity index (χ4v) is 3.00. The molecule has 1 atom stereocenters. The molecule has 1 unspecified atom stereocenters. The van der Waals surface area contributed by atoms with Gasteiger partial charge in [-0.2, -0.15) is 0 Å². The molecule has 0 spiro atoms. The van der Waals surface area contributed by atoms with Gasteiger partial charge in [-0.3, -0.25) is 0 Å². The van der Waals surface area contributed by atoms with Crippen molar-refractivity contribution < 1.29 is 9.53 Å². The molecule has 0 radical (unpaired) electrons. The van der Waals surface area contributed by atoms with Crippen LogP contribution < -0.4 is 10.1 Å². The van der Waals surface area contributed by atoms with E-state index in [0.29, 0.717) is 18.9 Å². The number of hydrogen-bond donors (Lipinski definition) is 1. The molecule has 1 aromatic carbocycles. The molecule has 1 aliphatic rings. The van der Waals surface area contributed by atoms with Crippen molar-refractivity contribution in [1.82, 2.24) is 4.98 Å². The summed E-state index contributed by atoms with van der Waals surface area (Å²) in [6.07, 6.45) is 8.53. The number of allylic oxidation sites excluding steroid dienone is 1. The topological polar surface area (TPSA) is 51.2 Å². The summed E-state index contributed by atoms with van der Waals surface area (Å²) in [5.74, 6) is 2.40. The summed E-state index contributed by atoms with van der Waals surface area (Å²) in [5, 5.41) is 3.27. The van der Waals surface area contributed by atoms with Crippen LogP contribution in [0.2, 0.25) is 0 Å². The van der Waals surface area contributed by atoms with Gasteiger partial charge in [-0.15, -0.1) is 0 Å². The third kappa shape index (κ3) is 4.92. The SMILES string of the molecule is CC(=O)CCC1C=Cc2cc(OCCCNc3ccccn3)ccc21. The van der Waals surface area contributed by atoms with E-state index in [0.717, 1.165) is 31.0 Å². The number of ketones is 1. The zero-order chi connectivity index (χ0) is 17.5. The van der Waals surface area contributed by atoms with Crippen LogP contribution in [0.3, 0.4) is 0 Å². The third-order valence-electron chi connectivity index (χ3n) is 4.33. The molecule has 0 fully saturated rings. The van der Waals surface area contributed by atoms with Crippen LogP contribution in [0, 0.1) is 0 Å². The second kappa shape index (κ2) is 8.47. The molecular formula is C21H24N2O2. The lowest BCUT2D eigenvalue weighted by Crippen LogP contribution is -2.08. The third-order valence-corrected chi connectivity index (χ3v) is 4.33. The number of carbonyl (C=O) groups is 1. The number of Topliss-reactive ketones (excluding diaryl/α,β-unsaturated/α-hetero) is 1. The fraction of sp³-hybridized carbons (Fsp3) is 0.333. The maximum atomic E-state index is 11.2. The molecule has 0 aliphatic heterocycles. The van der Waals surface area contributed by atoms with Gasteiger partial charge in [0.2, 0.25) is 0 Å². The van der Waals surface area contributed by atoms with Crippen LogP contribution in [-0.2, 0) is 4.79 Å². The number of fused-ring (bicyclic) bond motifs is 1. The number of anilines is 1. The molecule has 4 heteroatoms. The first-order chi connectivity index (χ1) is 12.2. The maximum absolute atomic E-state index is 11.2. The molecule has 0 amide bonds. The van der Waals surface area contributed by atoms with E-state index in [1.54, 1.807) is 13.1 Å². The first-order valence-corrected chi connectivity index (χ1v) is 8.81. The van der Waals surface area contributed by atoms with Gasteiger partial charge >= 0.3 is 0 Å². The molecule has 1 aliphatic carbocycles. The molecule has 0 saturated carbocycles. The lowest BCUT2D eigenvalue weighted by Gasteiger charge is -2.12. The molecular weight excluding hydrogens is 312 g/mol. The summed E-state index contributed by atoms with van der Waals surface area (Å²) in [6, 6.07) is 12.1. The van der Waals surface area contributed by atoms with Crippen LogP contribution in [0.15, 0.2) is 48.7 Å². The zero-order valence-electron chi connectivity index (χ0n) is 14.6. The number of carbonyl (C=O) groups excluding carboxylic acids is 1. The van der Waals surface area contributed by atoms with E-state index in [1.807, 2.05) is 24.3 Å². The summed E-state index contributed by atoms with van der Waals surface area (Å²) in [4.78, 5) is 15.4. The lowest BCUT2D eigenvalue weighted by atomic mass is 9.95. The number of benzene rings is 1. The molecule has 1 aromatic heterocycles. The van der Waals surface area contributed by atoms with Gasteiger partial charge in [-0.05, 0) is 55.2 Å². The van der Waals surface area contributed by atoms with Gasteiger partial charge in [-0.1, -0.05) is 24.3 Å². The second-order valence-electron chi connectivity index (χ2n) is 6.34. The Bertz CT molecular complexity index is 741. The van der Waals surface area contributed by atoms with Crippen molar-refractivity contribution >= 4 is 17.7 Å². The van der Waals surface area contributed by atoms with Crippen molar-refractivity contribution in [3.05, 3.63) is 59.8 Å². The molecule has 2 aromatic rings. The Morgan fingerprint density at radius 3 is 3.00 bits per heavy atom. The second-order valence-corrected chi connectivity index (χ2v) is 6.34. The molecule has 1 heterocycles. The van der Waals surface area contributed by atoms with Gasteiger partial charge in [0.15, 0.2) is 0 Å². The molecule has 4 nitrogen and oxygen atoms in total. The number of rotatable bonds is 9. The van der Waals surface area contributed by atoms with Crippen LogP contribution in [0.5, 0.6) is 5.75 Å². The van der Waals surface area contributed by atoms with Crippen molar-refractivity contribution in [3.8, 4) is 5.75 Å². The zero-order valence-corrected chi connectivity index (χ0v) is 14.6. The van der Waals surface area contributed by atoms with E-state index in [-0.39, 0.29) is 5.78 Å². The largest absolute Gasteiger partial charge is 0.494 e. The number of pyridine rings is 1. The molecule has 1 N–H and O–H groups in total. The summed E-state index contributed by atoms with van der Waals surface area (Å²) in [7, 11) is 0. The van der Waals surface area contributed by atoms with E-state index < -0.39 is 0 Å². The van der Waals surface area contributed by atoms with Crippen LogP contribution >= 0.6 is 0 Å². The normalized spacial score (nSPS) is 15.0. The molecule has 25 heavy (non-hydrogen) atoms. The summed E-state index contributed by atoms with van der Waals surface area (Å²) in [6.45, 7) is 3.14. The Morgan fingerprint density at radius 2 is 2.20 bits per heavy atom. The van der Waals surface area contributed by atoms with E-state index in [9.17, 15) is 4.79 Å². The Hall–Kier alpha value is -2.62. The molecule has 130 valence electrons. The Balaban J connectivity index is 1.44. The van der Waals surface area contributed by atoms with Crippen LogP contribution in [-0.4, -0.2) is 23.9 Å². The van der Waals surface area contributed by atoms with Crippen molar-refractivity contribution in [2.45, 2.75) is 32.1 Å². The van der Waals surface area contributed by atoms with Gasteiger partial charge in [0.05, 0.1) is 6.61 Å². The van der Waals surface area contributed by atoms with Gasteiger partial charge in [0.1, 0.15) is 17.4 Å². The summed E-state index contributed by atoms with van der Waals surface area (Å²) in [5.41, 5.74) is 2.50. The predicted octanol–water partition coefficient (Wildman–Crippen LogP) is 4.44. The van der Waals surface area contributed by atoms with E-state index >= 15 is 0 Å². The van der Waals surface area contributed by atoms with Crippen LogP contribution in [0.25, 0.3) is 6.08 Å². The maximum Gasteiger partial charge on any atom is 0.129 e. The summed E-state index contributed by atoms with van der Waals surface area (Å²) < 4.78 is 5.85. The highest BCUT2D eigenvalue weighted by atomic mass is 16.5. The van der Waals surface area contributed by atoms with Crippen molar-refractivity contribution in [2.75, 3.05) is 18.5 Å². The van der Waals surface area contributed by atoms with E-state index in [2.05, 4.69) is 34.6 Å². The van der Waals surface area contributed by atoms with Gasteiger partial charge in [0, 0.05) is 25.1 Å². The first-order valence-electron chi connectivity index (χ1n) is 8.81. The Morgan fingerprint density at radius 1 is 1.28 bits per heavy atom. The predicted molar refractivity (Wildman–Crippen MR) is 101 cm³/mol. The number of ether oxygens (including phenoxy) is 1. The number of aromatic nitrogens is 1. The average Bonchev–Trinajstić information content (AvgIpc) is 3.03. The molecule has 0 bridgehead atoms. The number of nitrogens with zero attached hydrogens (tertiary/aromatic N) is 1. The summed E-state index contributed by atoms with van der Waals surface area (Å²) >= 11 is 0. The fourth-order valence-electron chi connectivity index (χ4n) is 3.00. The highest BCUT2D eigenvalue weighted by Gasteiger charge is 2.18. The molecule has 3 rings (SSSR count). The average molecular weight is 336 g/mol. The Kier molecular flexibility index (Phi) is 5.83. The van der Waals surface area contributed by atoms with Gasteiger partial charge in [-0.25, -0.2) is 4.98 Å². The highest BCUT2D eigenvalue weighted by Crippen LogP contribution is 2.35. The smallest absolute Gasteiger partial charge is 0.129 e. The first kappa shape index (κ1) is 17.2. The standard InChI is InChI=1S/C21H24N2O2/c1-16(24)6-7-17-8-9-18-15-19(10-11-20(17)18)25-14-4-13-23-21-5-2-3-12-22-21/h2-3,5,8-12,15,17H,4,6-7,13-14H2,1H3,(H,22,23). The number of nitrogens with one attached hydrogen (secondary N) is 1. The minimum atomic E-state index is 0.251. The monoisotopic (exact) mass is 336 g/mol. The minimum absolute atomic E-state index is 0.251. The minimum Gasteiger partial charge on any atom is -0.494 e. The van der Waals surface area contributed by atoms with Crippen molar-refractivity contribution in [1.29, 1.82) is 0 Å². The highest BCUT2D eigenvalue weighted by molar-refractivity contribution is 5.75. The van der Waals surface area contributed by atoms with Gasteiger partial charge < -0.3 is 14.8 Å². The van der Waals surface area contributed by atoms with Crippen molar-refractivity contribution in [3.63, 3.8) is 0 Å². The lowest BCUT2D eigenvalue weighted by molar-refractivity contribution is -0.117. The van der Waals surface area contributed by atoms with Gasteiger partial charge in [0.25, 0.3) is 0 Å².